The molecule has 66 valence electrons. The second kappa shape index (κ2) is 1.99. The van der Waals surface area contributed by atoms with Gasteiger partial charge in [0.1, 0.15) is 0 Å². The van der Waals surface area contributed by atoms with Crippen LogP contribution in [-0.4, -0.2) is 16.7 Å². The maximum atomic E-state index is 3.55. The van der Waals surface area contributed by atoms with Crippen molar-refractivity contribution in [3.8, 4) is 0 Å². The van der Waals surface area contributed by atoms with E-state index in [1.165, 1.54) is 0 Å². The average molecular weight is 156 g/mol. The lowest BCUT2D eigenvalue weighted by atomic mass is 9.85. The third kappa shape index (κ3) is 1.42. The highest BCUT2D eigenvalue weighted by atomic mass is 15.3. The molecule has 1 rings (SSSR count). The Morgan fingerprint density at radius 3 is 1.00 bits per heavy atom. The molecule has 0 aromatic rings. The molecule has 0 amide bonds. The van der Waals surface area contributed by atoms with Gasteiger partial charge in [0.15, 0.2) is 0 Å². The van der Waals surface area contributed by atoms with Crippen LogP contribution in [0.3, 0.4) is 0 Å². The molecule has 1 aliphatic heterocycles. The van der Waals surface area contributed by atoms with E-state index in [4.69, 9.17) is 0 Å². The number of nitrogens with one attached hydrogen (secondary N) is 2. The van der Waals surface area contributed by atoms with Crippen molar-refractivity contribution in [2.45, 2.75) is 58.3 Å². The molecule has 2 heteroatoms. The molecule has 1 aliphatic rings. The minimum absolute atomic E-state index is 0.0625. The molecule has 0 atom stereocenters. The minimum atomic E-state index is 0.0625. The van der Waals surface area contributed by atoms with Crippen molar-refractivity contribution in [1.29, 1.82) is 0 Å². The predicted octanol–water partition coefficient (Wildman–Crippen LogP) is 1.47. The molecular formula is C9H20N2. The van der Waals surface area contributed by atoms with E-state index in [9.17, 15) is 0 Å². The minimum Gasteiger partial charge on any atom is -0.293 e. The lowest BCUT2D eigenvalue weighted by Gasteiger charge is -2.33. The molecule has 1 fully saturated rings. The van der Waals surface area contributed by atoms with Gasteiger partial charge in [-0.3, -0.25) is 10.6 Å². The fourth-order valence-electron chi connectivity index (χ4n) is 1.91. The van der Waals surface area contributed by atoms with E-state index in [2.05, 4.69) is 52.2 Å². The summed E-state index contributed by atoms with van der Waals surface area (Å²) in [7, 11) is 0. The van der Waals surface area contributed by atoms with Crippen LogP contribution in [0.15, 0.2) is 0 Å². The van der Waals surface area contributed by atoms with E-state index in [-0.39, 0.29) is 16.7 Å². The topological polar surface area (TPSA) is 24.1 Å². The highest BCUT2D eigenvalue weighted by molar-refractivity contribution is 5.10. The second-order valence-electron chi connectivity index (χ2n) is 5.12. The molecule has 11 heavy (non-hydrogen) atoms. The first-order chi connectivity index (χ1) is 4.66. The monoisotopic (exact) mass is 156 g/mol. The molecule has 0 spiro atoms. The van der Waals surface area contributed by atoms with E-state index in [1.807, 2.05) is 0 Å². The normalized spacial score (nSPS) is 32.2. The Labute approximate surface area is 69.8 Å². The number of rotatable bonds is 0. The third-order valence-corrected chi connectivity index (χ3v) is 2.81. The van der Waals surface area contributed by atoms with Crippen LogP contribution in [0, 0.1) is 0 Å². The van der Waals surface area contributed by atoms with Crippen LogP contribution < -0.4 is 10.6 Å². The van der Waals surface area contributed by atoms with E-state index < -0.39 is 0 Å². The van der Waals surface area contributed by atoms with Gasteiger partial charge in [-0.05, 0) is 41.5 Å². The first-order valence-corrected chi connectivity index (χ1v) is 4.25. The predicted molar refractivity (Wildman–Crippen MR) is 48.5 cm³/mol. The van der Waals surface area contributed by atoms with Gasteiger partial charge in [0, 0.05) is 11.1 Å². The Morgan fingerprint density at radius 2 is 0.909 bits per heavy atom. The lowest BCUT2D eigenvalue weighted by Crippen LogP contribution is -2.51. The zero-order chi connectivity index (χ0) is 8.91. The Hall–Kier alpha value is -0.0800. The summed E-state index contributed by atoms with van der Waals surface area (Å²) in [5.41, 5.74) is 0.389. The van der Waals surface area contributed by atoms with Crippen LogP contribution in [0.1, 0.15) is 41.5 Å². The van der Waals surface area contributed by atoms with Gasteiger partial charge in [0.2, 0.25) is 0 Å². The molecule has 2 nitrogen and oxygen atoms in total. The van der Waals surface area contributed by atoms with Crippen LogP contribution in [-0.2, 0) is 0 Å². The molecule has 0 aromatic carbocycles. The summed E-state index contributed by atoms with van der Waals surface area (Å²) < 4.78 is 0. The van der Waals surface area contributed by atoms with Gasteiger partial charge in [-0.1, -0.05) is 0 Å². The Bertz CT molecular complexity index is 150. The highest BCUT2D eigenvalue weighted by Crippen LogP contribution is 2.30. The molecule has 0 radical (unpaired) electrons. The average Bonchev–Trinajstić information content (AvgIpc) is 1.66. The summed E-state index contributed by atoms with van der Waals surface area (Å²) in [5.74, 6) is 0. The zero-order valence-electron chi connectivity index (χ0n) is 8.50. The van der Waals surface area contributed by atoms with Crippen LogP contribution >= 0.6 is 0 Å². The van der Waals surface area contributed by atoms with Crippen LogP contribution in [0.5, 0.6) is 0 Å². The molecule has 0 unspecified atom stereocenters. The maximum absolute atomic E-state index is 3.55. The summed E-state index contributed by atoms with van der Waals surface area (Å²) >= 11 is 0. The van der Waals surface area contributed by atoms with E-state index in [1.54, 1.807) is 0 Å². The van der Waals surface area contributed by atoms with Crippen molar-refractivity contribution in [2.24, 2.45) is 0 Å². The summed E-state index contributed by atoms with van der Waals surface area (Å²) in [4.78, 5) is 0. The van der Waals surface area contributed by atoms with Crippen LogP contribution in [0.25, 0.3) is 0 Å². The Kier molecular flexibility index (Phi) is 1.63. The Balaban J connectivity index is 2.89. The molecular weight excluding hydrogens is 136 g/mol. The quantitative estimate of drug-likeness (QED) is 0.555. The summed E-state index contributed by atoms with van der Waals surface area (Å²) in [5, 5.41) is 7.10. The van der Waals surface area contributed by atoms with Gasteiger partial charge in [-0.2, -0.15) is 0 Å². The third-order valence-electron chi connectivity index (χ3n) is 2.81. The molecule has 1 saturated heterocycles. The van der Waals surface area contributed by atoms with Crippen molar-refractivity contribution in [3.63, 3.8) is 0 Å². The van der Waals surface area contributed by atoms with Crippen molar-refractivity contribution in [3.05, 3.63) is 0 Å². The highest BCUT2D eigenvalue weighted by Gasteiger charge is 2.48. The van der Waals surface area contributed by atoms with Gasteiger partial charge in [0.25, 0.3) is 0 Å². The first-order valence-electron chi connectivity index (χ1n) is 4.25. The summed E-state index contributed by atoms with van der Waals surface area (Å²) in [6.07, 6.45) is 0. The van der Waals surface area contributed by atoms with Crippen molar-refractivity contribution in [2.75, 3.05) is 0 Å². The standard InChI is InChI=1S/C9H20N2/c1-7(2)8(3,4)11-9(5,6)10-7/h10-11H,1-6H3. The molecule has 1 heterocycles. The van der Waals surface area contributed by atoms with Crippen molar-refractivity contribution in [1.82, 2.24) is 10.6 Å². The fourth-order valence-corrected chi connectivity index (χ4v) is 1.91. The van der Waals surface area contributed by atoms with Crippen LogP contribution in [0.2, 0.25) is 0 Å². The van der Waals surface area contributed by atoms with E-state index in [0.717, 1.165) is 0 Å². The zero-order valence-corrected chi connectivity index (χ0v) is 8.50. The molecule has 2 N–H and O–H groups in total. The summed E-state index contributed by atoms with van der Waals surface area (Å²) in [6, 6.07) is 0. The van der Waals surface area contributed by atoms with Gasteiger partial charge in [-0.25, -0.2) is 0 Å². The Morgan fingerprint density at radius 1 is 0.636 bits per heavy atom. The SMILES string of the molecule is CC1(C)NC(C)(C)C(C)(C)N1. The largest absolute Gasteiger partial charge is 0.293 e. The molecule has 0 aliphatic carbocycles. The van der Waals surface area contributed by atoms with Gasteiger partial charge >= 0.3 is 0 Å². The second-order valence-corrected chi connectivity index (χ2v) is 5.12. The fraction of sp³-hybridized carbons (Fsp3) is 1.00. The number of hydrogen-bond acceptors (Lipinski definition) is 2. The van der Waals surface area contributed by atoms with Gasteiger partial charge in [-0.15, -0.1) is 0 Å². The summed E-state index contributed by atoms with van der Waals surface area (Å²) in [6.45, 7) is 13.3. The van der Waals surface area contributed by atoms with Crippen molar-refractivity contribution < 1.29 is 0 Å². The molecule has 0 saturated carbocycles. The van der Waals surface area contributed by atoms with E-state index >= 15 is 0 Å². The van der Waals surface area contributed by atoms with Crippen molar-refractivity contribution >= 4 is 0 Å². The first kappa shape index (κ1) is 9.01. The van der Waals surface area contributed by atoms with Gasteiger partial charge in [0.05, 0.1) is 5.66 Å². The van der Waals surface area contributed by atoms with E-state index in [0.29, 0.717) is 0 Å². The lowest BCUT2D eigenvalue weighted by molar-refractivity contribution is 0.295. The number of hydrogen-bond donors (Lipinski definition) is 2. The molecule has 0 bridgehead atoms. The smallest absolute Gasteiger partial charge is 0.0638 e. The maximum Gasteiger partial charge on any atom is 0.0638 e. The van der Waals surface area contributed by atoms with Crippen LogP contribution in [0.4, 0.5) is 0 Å². The molecule has 0 aromatic heterocycles. The van der Waals surface area contributed by atoms with Gasteiger partial charge < -0.3 is 0 Å².